The highest BCUT2D eigenvalue weighted by Gasteiger charge is 2.41. The van der Waals surface area contributed by atoms with Crippen LogP contribution in [-0.2, 0) is 6.18 Å². The quantitative estimate of drug-likeness (QED) is 0.765. The van der Waals surface area contributed by atoms with E-state index < -0.39 is 28.4 Å². The van der Waals surface area contributed by atoms with E-state index in [1.807, 2.05) is 0 Å². The van der Waals surface area contributed by atoms with Gasteiger partial charge in [-0.1, -0.05) is 41.4 Å². The number of ether oxygens (including phenoxy) is 1. The minimum Gasteiger partial charge on any atom is -0.409 e. The van der Waals surface area contributed by atoms with Crippen LogP contribution in [0, 0.1) is 6.92 Å². The van der Waals surface area contributed by atoms with Gasteiger partial charge in [-0.3, -0.25) is 0 Å². The number of hydrogen-bond donors (Lipinski definition) is 0. The Balaban J connectivity index is 2.43. The zero-order valence-corrected chi connectivity index (χ0v) is 11.9. The predicted octanol–water partition coefficient (Wildman–Crippen LogP) is 4.56. The normalized spacial score (nSPS) is 11.5. The average Bonchev–Trinajstić information content (AvgIpc) is 2.69. The SMILES string of the molecule is Cc1ccccc1OC(=O)n1c(C(F)(F)F)nc(Cl)c1Cl. The number of halogens is 5. The lowest BCUT2D eigenvalue weighted by molar-refractivity contribution is -0.146. The lowest BCUT2D eigenvalue weighted by Gasteiger charge is -2.11. The fourth-order valence-electron chi connectivity index (χ4n) is 1.54. The third-order valence-corrected chi connectivity index (χ3v) is 3.22. The van der Waals surface area contributed by atoms with Gasteiger partial charge >= 0.3 is 12.3 Å². The summed E-state index contributed by atoms with van der Waals surface area (Å²) < 4.78 is 43.4. The van der Waals surface area contributed by atoms with Gasteiger partial charge in [-0.05, 0) is 18.6 Å². The van der Waals surface area contributed by atoms with Gasteiger partial charge in [0.15, 0.2) is 10.3 Å². The van der Waals surface area contributed by atoms with Crippen LogP contribution in [0.4, 0.5) is 18.0 Å². The number of nitrogens with zero attached hydrogens (tertiary/aromatic N) is 2. The summed E-state index contributed by atoms with van der Waals surface area (Å²) in [5.41, 5.74) is 0.571. The van der Waals surface area contributed by atoms with E-state index >= 15 is 0 Å². The molecule has 0 aliphatic rings. The van der Waals surface area contributed by atoms with Crippen molar-refractivity contribution in [2.24, 2.45) is 0 Å². The van der Waals surface area contributed by atoms with Crippen LogP contribution < -0.4 is 4.74 Å². The minimum absolute atomic E-state index is 0.0797. The molecule has 2 rings (SSSR count). The highest BCUT2D eigenvalue weighted by molar-refractivity contribution is 6.41. The van der Waals surface area contributed by atoms with Gasteiger partial charge in [0.25, 0.3) is 0 Å². The van der Waals surface area contributed by atoms with E-state index in [-0.39, 0.29) is 10.3 Å². The van der Waals surface area contributed by atoms with Crippen LogP contribution in [0.1, 0.15) is 11.4 Å². The monoisotopic (exact) mass is 338 g/mol. The zero-order chi connectivity index (χ0) is 15.8. The number of hydrogen-bond acceptors (Lipinski definition) is 3. The number of aromatic nitrogens is 2. The molecule has 9 heteroatoms. The van der Waals surface area contributed by atoms with E-state index in [0.717, 1.165) is 0 Å². The fraction of sp³-hybridized carbons (Fsp3) is 0.167. The number of imidazole rings is 1. The van der Waals surface area contributed by atoms with Crippen molar-refractivity contribution in [2.75, 3.05) is 0 Å². The Kier molecular flexibility index (Phi) is 4.15. The second kappa shape index (κ2) is 5.57. The average molecular weight is 339 g/mol. The number of benzene rings is 1. The molecule has 0 spiro atoms. The lowest BCUT2D eigenvalue weighted by Crippen LogP contribution is -2.24. The van der Waals surface area contributed by atoms with E-state index in [9.17, 15) is 18.0 Å². The molecule has 1 aromatic carbocycles. The molecule has 0 saturated carbocycles. The Morgan fingerprint density at radius 3 is 2.48 bits per heavy atom. The van der Waals surface area contributed by atoms with Gasteiger partial charge < -0.3 is 4.74 Å². The summed E-state index contributed by atoms with van der Waals surface area (Å²) >= 11 is 11.0. The van der Waals surface area contributed by atoms with Crippen LogP contribution in [0.15, 0.2) is 24.3 Å². The maximum atomic E-state index is 12.8. The molecule has 112 valence electrons. The molecule has 0 unspecified atom stereocenters. The van der Waals surface area contributed by atoms with Crippen molar-refractivity contribution < 1.29 is 22.7 Å². The maximum Gasteiger partial charge on any atom is 0.450 e. The molecule has 4 nitrogen and oxygen atoms in total. The molecular weight excluding hydrogens is 332 g/mol. The van der Waals surface area contributed by atoms with E-state index in [1.54, 1.807) is 25.1 Å². The van der Waals surface area contributed by atoms with Crippen LogP contribution in [0.2, 0.25) is 10.3 Å². The third-order valence-electron chi connectivity index (χ3n) is 2.51. The third kappa shape index (κ3) is 3.14. The molecule has 0 fully saturated rings. The van der Waals surface area contributed by atoms with Gasteiger partial charge in [-0.2, -0.15) is 13.2 Å². The van der Waals surface area contributed by atoms with Crippen molar-refractivity contribution in [1.29, 1.82) is 0 Å². The molecule has 1 aromatic heterocycles. The van der Waals surface area contributed by atoms with Crippen LogP contribution >= 0.6 is 23.2 Å². The van der Waals surface area contributed by atoms with Gasteiger partial charge in [-0.25, -0.2) is 14.3 Å². The summed E-state index contributed by atoms with van der Waals surface area (Å²) in [6, 6.07) is 6.33. The molecule has 0 amide bonds. The molecule has 0 saturated heterocycles. The standard InChI is InChI=1S/C12H7Cl2F3N2O2/c1-6-4-2-3-5-7(6)21-11(20)19-9(14)8(13)18-10(19)12(15,16)17/h2-5H,1H3. The topological polar surface area (TPSA) is 44.1 Å². The first-order chi connectivity index (χ1) is 9.71. The number of para-hydroxylation sites is 1. The first-order valence-electron chi connectivity index (χ1n) is 5.50. The smallest absolute Gasteiger partial charge is 0.409 e. The zero-order valence-electron chi connectivity index (χ0n) is 10.4. The molecule has 1 heterocycles. The van der Waals surface area contributed by atoms with E-state index in [1.165, 1.54) is 6.07 Å². The number of alkyl halides is 3. The summed E-state index contributed by atoms with van der Waals surface area (Å²) in [6.45, 7) is 1.63. The number of rotatable bonds is 1. The lowest BCUT2D eigenvalue weighted by atomic mass is 10.2. The molecule has 0 N–H and O–H groups in total. The van der Waals surface area contributed by atoms with E-state index in [0.29, 0.717) is 5.56 Å². The van der Waals surface area contributed by atoms with Crippen molar-refractivity contribution in [3.63, 3.8) is 0 Å². The summed E-state index contributed by atoms with van der Waals surface area (Å²) in [4.78, 5) is 15.0. The summed E-state index contributed by atoms with van der Waals surface area (Å²) in [5, 5.41) is -1.30. The van der Waals surface area contributed by atoms with Crippen molar-refractivity contribution >= 4 is 29.3 Å². The Bertz CT molecular complexity index is 698. The first-order valence-corrected chi connectivity index (χ1v) is 6.26. The molecule has 0 radical (unpaired) electrons. The number of carbonyl (C=O) groups is 1. The molecule has 0 aliphatic carbocycles. The molecule has 0 bridgehead atoms. The maximum absolute atomic E-state index is 12.8. The van der Waals surface area contributed by atoms with Crippen molar-refractivity contribution in [3.8, 4) is 5.75 Å². The van der Waals surface area contributed by atoms with E-state index in [2.05, 4.69) is 4.98 Å². The molecular formula is C12H7Cl2F3N2O2. The van der Waals surface area contributed by atoms with Gasteiger partial charge in [-0.15, -0.1) is 0 Å². The Labute approximate surface area is 127 Å². The van der Waals surface area contributed by atoms with E-state index in [4.69, 9.17) is 27.9 Å². The van der Waals surface area contributed by atoms with Crippen LogP contribution in [0.5, 0.6) is 5.75 Å². The second-order valence-electron chi connectivity index (χ2n) is 3.98. The van der Waals surface area contributed by atoms with Crippen molar-refractivity contribution in [2.45, 2.75) is 13.1 Å². The Morgan fingerprint density at radius 1 is 1.29 bits per heavy atom. The largest absolute Gasteiger partial charge is 0.450 e. The summed E-state index contributed by atoms with van der Waals surface area (Å²) in [7, 11) is 0. The number of aryl methyl sites for hydroxylation is 1. The molecule has 2 aromatic rings. The Morgan fingerprint density at radius 2 is 1.90 bits per heavy atom. The van der Waals surface area contributed by atoms with Crippen LogP contribution in [-0.4, -0.2) is 15.6 Å². The predicted molar refractivity (Wildman–Crippen MR) is 69.9 cm³/mol. The first kappa shape index (κ1) is 15.7. The highest BCUT2D eigenvalue weighted by atomic mass is 35.5. The van der Waals surface area contributed by atoms with Crippen LogP contribution in [0.3, 0.4) is 0 Å². The fourth-order valence-corrected chi connectivity index (χ4v) is 1.90. The highest BCUT2D eigenvalue weighted by Crippen LogP contribution is 2.34. The van der Waals surface area contributed by atoms with Gasteiger partial charge in [0.05, 0.1) is 0 Å². The van der Waals surface area contributed by atoms with Crippen molar-refractivity contribution in [1.82, 2.24) is 9.55 Å². The number of carbonyl (C=O) groups excluding carboxylic acids is 1. The van der Waals surface area contributed by atoms with Gasteiger partial charge in [0, 0.05) is 0 Å². The van der Waals surface area contributed by atoms with Gasteiger partial charge in [0.2, 0.25) is 5.82 Å². The van der Waals surface area contributed by atoms with Crippen molar-refractivity contribution in [3.05, 3.63) is 46.0 Å². The molecule has 0 aliphatic heterocycles. The second-order valence-corrected chi connectivity index (χ2v) is 4.70. The summed E-state index contributed by atoms with van der Waals surface area (Å²) in [6.07, 6.45) is -6.25. The molecule has 21 heavy (non-hydrogen) atoms. The summed E-state index contributed by atoms with van der Waals surface area (Å²) in [5.74, 6) is -1.44. The van der Waals surface area contributed by atoms with Crippen LogP contribution in [0.25, 0.3) is 0 Å². The Hall–Kier alpha value is -1.73. The minimum atomic E-state index is -4.90. The van der Waals surface area contributed by atoms with Gasteiger partial charge in [0.1, 0.15) is 5.75 Å². The molecule has 0 atom stereocenters.